The Morgan fingerprint density at radius 1 is 1.08 bits per heavy atom. The fraction of sp³-hybridized carbons (Fsp3) is 0.381. The number of nitrogens with one attached hydrogen (secondary N) is 1. The summed E-state index contributed by atoms with van der Waals surface area (Å²) in [4.78, 5) is 12.1. The Morgan fingerprint density at radius 3 is 2.50 bits per heavy atom. The molecule has 0 aliphatic carbocycles. The minimum atomic E-state index is -0.562. The number of carbonyl (C=O) groups is 1. The van der Waals surface area contributed by atoms with Gasteiger partial charge < -0.3 is 19.5 Å². The van der Waals surface area contributed by atoms with Gasteiger partial charge in [0, 0.05) is 12.6 Å². The summed E-state index contributed by atoms with van der Waals surface area (Å²) < 4.78 is 16.2. The van der Waals surface area contributed by atoms with E-state index in [0.717, 1.165) is 18.6 Å². The number of rotatable bonds is 10. The highest BCUT2D eigenvalue weighted by Crippen LogP contribution is 2.20. The van der Waals surface area contributed by atoms with Crippen LogP contribution in [0, 0.1) is 0 Å². The summed E-state index contributed by atoms with van der Waals surface area (Å²) in [6.07, 6.45) is 1.20. The normalized spacial score (nSPS) is 11.5. The van der Waals surface area contributed by atoms with Gasteiger partial charge in [-0.15, -0.1) is 0 Å². The first-order valence-electron chi connectivity index (χ1n) is 8.92. The Balaban J connectivity index is 1.70. The van der Waals surface area contributed by atoms with Crippen molar-refractivity contribution in [2.75, 3.05) is 20.3 Å². The molecule has 1 atom stereocenters. The lowest BCUT2D eigenvalue weighted by atomic mass is 10.1. The highest BCUT2D eigenvalue weighted by Gasteiger charge is 2.14. The molecule has 0 saturated carbocycles. The van der Waals surface area contributed by atoms with Crippen molar-refractivity contribution in [3.63, 3.8) is 0 Å². The molecule has 0 bridgehead atoms. The number of hydrogen-bond donors (Lipinski definition) is 1. The van der Waals surface area contributed by atoms with Crippen molar-refractivity contribution >= 4 is 5.91 Å². The van der Waals surface area contributed by atoms with Gasteiger partial charge in [-0.2, -0.15) is 0 Å². The molecule has 2 aromatic rings. The van der Waals surface area contributed by atoms with Crippen LogP contribution in [0.5, 0.6) is 17.2 Å². The summed E-state index contributed by atoms with van der Waals surface area (Å²) >= 11 is 0. The second kappa shape index (κ2) is 10.3. The molecule has 0 spiro atoms. The molecule has 0 fully saturated rings. The molecular formula is C21H27NO4. The first kappa shape index (κ1) is 19.6. The second-order valence-corrected chi connectivity index (χ2v) is 5.91. The monoisotopic (exact) mass is 357 g/mol. The van der Waals surface area contributed by atoms with E-state index in [9.17, 15) is 4.79 Å². The maximum atomic E-state index is 12.1. The van der Waals surface area contributed by atoms with Crippen LogP contribution >= 0.6 is 0 Å². The van der Waals surface area contributed by atoms with Gasteiger partial charge in [0.25, 0.3) is 5.91 Å². The SMILES string of the molecule is CCOc1ccc(CCCNC(=O)[C@H](C)Oc2cccc(OC)c2)cc1. The molecule has 5 nitrogen and oxygen atoms in total. The molecule has 0 radical (unpaired) electrons. The largest absolute Gasteiger partial charge is 0.497 e. The van der Waals surface area contributed by atoms with E-state index in [4.69, 9.17) is 14.2 Å². The lowest BCUT2D eigenvalue weighted by molar-refractivity contribution is -0.127. The quantitative estimate of drug-likeness (QED) is 0.660. The van der Waals surface area contributed by atoms with Crippen LogP contribution in [0.15, 0.2) is 48.5 Å². The van der Waals surface area contributed by atoms with Gasteiger partial charge in [-0.3, -0.25) is 4.79 Å². The molecule has 5 heteroatoms. The lowest BCUT2D eigenvalue weighted by Gasteiger charge is -2.15. The zero-order valence-electron chi connectivity index (χ0n) is 15.7. The molecule has 1 amide bonds. The maximum Gasteiger partial charge on any atom is 0.260 e. The molecule has 0 aliphatic heterocycles. The van der Waals surface area contributed by atoms with Gasteiger partial charge >= 0.3 is 0 Å². The highest BCUT2D eigenvalue weighted by molar-refractivity contribution is 5.80. The van der Waals surface area contributed by atoms with E-state index >= 15 is 0 Å². The summed E-state index contributed by atoms with van der Waals surface area (Å²) in [5.41, 5.74) is 1.23. The molecule has 2 rings (SSSR count). The van der Waals surface area contributed by atoms with Crippen LogP contribution in [0.25, 0.3) is 0 Å². The van der Waals surface area contributed by atoms with Crippen LogP contribution in [-0.2, 0) is 11.2 Å². The topological polar surface area (TPSA) is 56.8 Å². The van der Waals surface area contributed by atoms with Crippen LogP contribution in [0.4, 0.5) is 0 Å². The molecule has 0 aliphatic rings. The summed E-state index contributed by atoms with van der Waals surface area (Å²) in [6.45, 7) is 4.98. The van der Waals surface area contributed by atoms with E-state index in [1.807, 2.05) is 31.2 Å². The predicted octanol–water partition coefficient (Wildman–Crippen LogP) is 3.61. The Morgan fingerprint density at radius 2 is 1.81 bits per heavy atom. The Kier molecular flexibility index (Phi) is 7.80. The molecule has 0 saturated heterocycles. The van der Waals surface area contributed by atoms with Crippen LogP contribution < -0.4 is 19.5 Å². The van der Waals surface area contributed by atoms with Crippen LogP contribution in [0.1, 0.15) is 25.8 Å². The molecule has 140 valence electrons. The molecular weight excluding hydrogens is 330 g/mol. The van der Waals surface area contributed by atoms with Gasteiger partial charge in [-0.25, -0.2) is 0 Å². The third-order valence-corrected chi connectivity index (χ3v) is 3.90. The molecule has 26 heavy (non-hydrogen) atoms. The fourth-order valence-corrected chi connectivity index (χ4v) is 2.50. The lowest BCUT2D eigenvalue weighted by Crippen LogP contribution is -2.36. The highest BCUT2D eigenvalue weighted by atomic mass is 16.5. The number of benzene rings is 2. The van der Waals surface area contributed by atoms with Crippen molar-refractivity contribution in [1.29, 1.82) is 0 Å². The smallest absolute Gasteiger partial charge is 0.260 e. The summed E-state index contributed by atoms with van der Waals surface area (Å²) in [7, 11) is 1.60. The Labute approximate surface area is 155 Å². The van der Waals surface area contributed by atoms with Gasteiger partial charge in [-0.1, -0.05) is 18.2 Å². The summed E-state index contributed by atoms with van der Waals surface area (Å²) in [6, 6.07) is 15.3. The Bertz CT molecular complexity index is 685. The van der Waals surface area contributed by atoms with Gasteiger partial charge in [0.15, 0.2) is 6.10 Å². The van der Waals surface area contributed by atoms with E-state index in [2.05, 4.69) is 17.4 Å². The van der Waals surface area contributed by atoms with Crippen LogP contribution in [-0.4, -0.2) is 32.3 Å². The number of amides is 1. The third-order valence-electron chi connectivity index (χ3n) is 3.90. The first-order valence-corrected chi connectivity index (χ1v) is 8.92. The predicted molar refractivity (Wildman–Crippen MR) is 102 cm³/mol. The average Bonchev–Trinajstić information content (AvgIpc) is 2.66. The first-order chi connectivity index (χ1) is 12.6. The van der Waals surface area contributed by atoms with E-state index in [-0.39, 0.29) is 5.91 Å². The van der Waals surface area contributed by atoms with Gasteiger partial charge in [0.1, 0.15) is 17.2 Å². The number of aryl methyl sites for hydroxylation is 1. The summed E-state index contributed by atoms with van der Waals surface area (Å²) in [5, 5.41) is 2.91. The van der Waals surface area contributed by atoms with Gasteiger partial charge in [-0.05, 0) is 56.5 Å². The number of methoxy groups -OCH3 is 1. The summed E-state index contributed by atoms with van der Waals surface area (Å²) in [5.74, 6) is 2.07. The van der Waals surface area contributed by atoms with Gasteiger partial charge in [0.2, 0.25) is 0 Å². The zero-order valence-corrected chi connectivity index (χ0v) is 15.7. The van der Waals surface area contributed by atoms with Crippen molar-refractivity contribution in [3.05, 3.63) is 54.1 Å². The number of hydrogen-bond acceptors (Lipinski definition) is 4. The van der Waals surface area contributed by atoms with Crippen LogP contribution in [0.2, 0.25) is 0 Å². The second-order valence-electron chi connectivity index (χ2n) is 5.91. The maximum absolute atomic E-state index is 12.1. The number of ether oxygens (including phenoxy) is 3. The fourth-order valence-electron chi connectivity index (χ4n) is 2.50. The average molecular weight is 357 g/mol. The Hall–Kier alpha value is -2.69. The molecule has 1 N–H and O–H groups in total. The van der Waals surface area contributed by atoms with Crippen molar-refractivity contribution in [1.82, 2.24) is 5.32 Å². The molecule has 0 unspecified atom stereocenters. The zero-order chi connectivity index (χ0) is 18.8. The van der Waals surface area contributed by atoms with E-state index in [0.29, 0.717) is 24.7 Å². The number of carbonyl (C=O) groups excluding carboxylic acids is 1. The van der Waals surface area contributed by atoms with Crippen molar-refractivity contribution in [2.45, 2.75) is 32.8 Å². The third kappa shape index (κ3) is 6.31. The molecule has 2 aromatic carbocycles. The molecule has 0 aromatic heterocycles. The van der Waals surface area contributed by atoms with Crippen molar-refractivity contribution < 1.29 is 19.0 Å². The van der Waals surface area contributed by atoms with E-state index < -0.39 is 6.10 Å². The standard InChI is InChI=1S/C21H27NO4/c1-4-25-18-12-10-17(11-13-18)7-6-14-22-21(23)16(2)26-20-9-5-8-19(15-20)24-3/h5,8-13,15-16H,4,6-7,14H2,1-3H3,(H,22,23)/t16-/m0/s1. The minimum Gasteiger partial charge on any atom is -0.497 e. The van der Waals surface area contributed by atoms with E-state index in [1.54, 1.807) is 26.2 Å². The van der Waals surface area contributed by atoms with Crippen molar-refractivity contribution in [3.8, 4) is 17.2 Å². The van der Waals surface area contributed by atoms with E-state index in [1.165, 1.54) is 5.56 Å². The minimum absolute atomic E-state index is 0.125. The van der Waals surface area contributed by atoms with Crippen LogP contribution in [0.3, 0.4) is 0 Å². The van der Waals surface area contributed by atoms with Crippen molar-refractivity contribution in [2.24, 2.45) is 0 Å². The van der Waals surface area contributed by atoms with Gasteiger partial charge in [0.05, 0.1) is 13.7 Å². The molecule has 0 heterocycles.